The Hall–Kier alpha value is -2.21. The predicted octanol–water partition coefficient (Wildman–Crippen LogP) is 5.17. The molecule has 1 aromatic rings. The molecule has 0 aliphatic rings. The first kappa shape index (κ1) is 34.4. The number of Topliss-reactive ketones (excluding diaryl/α,β-unsaturated/α-hetero) is 1. The molecule has 0 fully saturated rings. The van der Waals surface area contributed by atoms with Crippen molar-refractivity contribution in [3.8, 4) is 5.75 Å². The fraction of sp³-hybridized carbons (Fsp3) is 0.654. The maximum absolute atomic E-state index is 11.2. The van der Waals surface area contributed by atoms with Gasteiger partial charge in [-0.05, 0) is 63.3 Å². The minimum absolute atomic E-state index is 0.0187. The Balaban J connectivity index is -0.000000399. The lowest BCUT2D eigenvalue weighted by atomic mass is 9.97. The quantitative estimate of drug-likeness (QED) is 0.451. The van der Waals surface area contributed by atoms with E-state index in [1.54, 1.807) is 14.0 Å². The van der Waals surface area contributed by atoms with Crippen LogP contribution >= 0.6 is 0 Å². The first-order valence-electron chi connectivity index (χ1n) is 11.8. The number of ether oxygens (including phenoxy) is 1. The number of nitrogens with two attached hydrogens (primary N) is 1. The lowest BCUT2D eigenvalue weighted by molar-refractivity contribution is -0.125. The summed E-state index contributed by atoms with van der Waals surface area (Å²) in [6.07, 6.45) is 5.60. The molecule has 0 aliphatic carbocycles. The number of aryl methyl sites for hydroxylation is 2. The molecule has 32 heavy (non-hydrogen) atoms. The van der Waals surface area contributed by atoms with Crippen LogP contribution in [0.1, 0.15) is 84.3 Å². The number of hydrogen-bond donors (Lipinski definition) is 2. The van der Waals surface area contributed by atoms with Crippen LogP contribution < -0.4 is 15.8 Å². The second-order valence-electron chi connectivity index (χ2n) is 7.18. The van der Waals surface area contributed by atoms with Gasteiger partial charge < -0.3 is 25.4 Å². The summed E-state index contributed by atoms with van der Waals surface area (Å²) in [5, 5.41) is 2.60. The van der Waals surface area contributed by atoms with Gasteiger partial charge in [-0.15, -0.1) is 0 Å². The molecule has 186 valence electrons. The Morgan fingerprint density at radius 1 is 1.09 bits per heavy atom. The van der Waals surface area contributed by atoms with Crippen molar-refractivity contribution >= 4 is 18.0 Å². The maximum Gasteiger partial charge on any atom is 0.222 e. The third-order valence-corrected chi connectivity index (χ3v) is 4.35. The summed E-state index contributed by atoms with van der Waals surface area (Å²) in [7, 11) is 1.63. The molecular formula is C26H48N2O4. The van der Waals surface area contributed by atoms with Gasteiger partial charge in [-0.25, -0.2) is 0 Å². The van der Waals surface area contributed by atoms with Gasteiger partial charge in [0.1, 0.15) is 24.4 Å². The lowest BCUT2D eigenvalue weighted by Gasteiger charge is -2.12. The number of hydrogen-bond acceptors (Lipinski definition) is 5. The van der Waals surface area contributed by atoms with Crippen LogP contribution in [0.4, 0.5) is 0 Å². The molecule has 1 aromatic carbocycles. The fourth-order valence-corrected chi connectivity index (χ4v) is 2.56. The molecule has 0 heterocycles. The summed E-state index contributed by atoms with van der Waals surface area (Å²) < 4.78 is 5.37. The number of rotatable bonds is 11. The van der Waals surface area contributed by atoms with E-state index >= 15 is 0 Å². The van der Waals surface area contributed by atoms with Gasteiger partial charge in [0.05, 0.1) is 0 Å². The van der Waals surface area contributed by atoms with E-state index in [-0.39, 0.29) is 17.6 Å². The van der Waals surface area contributed by atoms with Gasteiger partial charge in [0.2, 0.25) is 5.91 Å². The lowest BCUT2D eigenvalue weighted by Crippen LogP contribution is -2.27. The summed E-state index contributed by atoms with van der Waals surface area (Å²) >= 11 is 0. The second kappa shape index (κ2) is 25.1. The molecule has 6 nitrogen and oxygen atoms in total. The molecule has 0 radical (unpaired) electrons. The van der Waals surface area contributed by atoms with E-state index < -0.39 is 0 Å². The van der Waals surface area contributed by atoms with Crippen LogP contribution in [0.3, 0.4) is 0 Å². The molecule has 1 amide bonds. The standard InChI is InChI=1S/C10H15NO.C9H17NO2.C5H10O.C2H6/c1-8-3-4-10(7-9(8)2)12-6-5-11;1-3-5-8(6-4-7-11)9(12)10-2;1-3-4-5(2)6;1-2/h3-4,7H,5-6,11H2,1-2H3;7-8H,3-6H2,1-2H3,(H,10,12);3-4H2,1-2H3;1-2H3. The fourth-order valence-electron chi connectivity index (χ4n) is 2.56. The molecule has 0 saturated carbocycles. The van der Waals surface area contributed by atoms with E-state index in [9.17, 15) is 14.4 Å². The number of carbonyl (C=O) groups excluding carboxylic acids is 3. The largest absolute Gasteiger partial charge is 0.492 e. The van der Waals surface area contributed by atoms with Crippen LogP contribution in [0.2, 0.25) is 0 Å². The van der Waals surface area contributed by atoms with Crippen LogP contribution in [0.5, 0.6) is 5.75 Å². The van der Waals surface area contributed by atoms with Crippen molar-refractivity contribution in [1.29, 1.82) is 0 Å². The topological polar surface area (TPSA) is 98.5 Å². The van der Waals surface area contributed by atoms with E-state index in [1.165, 1.54) is 11.1 Å². The molecule has 3 N–H and O–H groups in total. The number of ketones is 1. The zero-order chi connectivity index (χ0) is 25.4. The molecule has 0 bridgehead atoms. The first-order chi connectivity index (χ1) is 15.3. The SMILES string of the molecule is CC.CCCC(C)=O.CCCC(CCC=O)C(=O)NC.Cc1ccc(OCCN)cc1C. The van der Waals surface area contributed by atoms with E-state index in [0.29, 0.717) is 26.0 Å². The molecule has 1 unspecified atom stereocenters. The predicted molar refractivity (Wildman–Crippen MR) is 135 cm³/mol. The highest BCUT2D eigenvalue weighted by Gasteiger charge is 2.14. The highest BCUT2D eigenvalue weighted by molar-refractivity contribution is 5.78. The molecule has 1 rings (SSSR count). The summed E-state index contributed by atoms with van der Waals surface area (Å²) in [5.41, 5.74) is 7.86. The molecular weight excluding hydrogens is 404 g/mol. The van der Waals surface area contributed by atoms with Crippen LogP contribution in [0.15, 0.2) is 18.2 Å². The highest BCUT2D eigenvalue weighted by atomic mass is 16.5. The average molecular weight is 453 g/mol. The Kier molecular flexibility index (Phi) is 26.9. The van der Waals surface area contributed by atoms with Gasteiger partial charge in [0.25, 0.3) is 0 Å². The zero-order valence-electron chi connectivity index (χ0n) is 21.8. The van der Waals surface area contributed by atoms with E-state index in [4.69, 9.17) is 10.5 Å². The van der Waals surface area contributed by atoms with Crippen molar-refractivity contribution in [3.63, 3.8) is 0 Å². The van der Waals surface area contributed by atoms with Gasteiger partial charge >= 0.3 is 0 Å². The number of nitrogens with one attached hydrogen (secondary N) is 1. The van der Waals surface area contributed by atoms with Crippen LogP contribution in [0.25, 0.3) is 0 Å². The summed E-state index contributed by atoms with van der Waals surface area (Å²) in [6.45, 7) is 15.0. The van der Waals surface area contributed by atoms with Gasteiger partial charge in [0.15, 0.2) is 0 Å². The summed E-state index contributed by atoms with van der Waals surface area (Å²) in [5.74, 6) is 1.27. The van der Waals surface area contributed by atoms with Crippen LogP contribution in [0, 0.1) is 19.8 Å². The Morgan fingerprint density at radius 3 is 2.09 bits per heavy atom. The molecule has 0 aliphatic heterocycles. The smallest absolute Gasteiger partial charge is 0.222 e. The van der Waals surface area contributed by atoms with Crippen molar-refractivity contribution in [2.75, 3.05) is 20.2 Å². The normalized spacial score (nSPS) is 10.0. The van der Waals surface area contributed by atoms with Gasteiger partial charge in [-0.3, -0.25) is 4.79 Å². The third kappa shape index (κ3) is 21.0. The molecule has 0 spiro atoms. The Morgan fingerprint density at radius 2 is 1.72 bits per heavy atom. The van der Waals surface area contributed by atoms with Crippen LogP contribution in [-0.4, -0.2) is 38.2 Å². The Bertz CT molecular complexity index is 603. The first-order valence-corrected chi connectivity index (χ1v) is 11.8. The van der Waals surface area contributed by atoms with Crippen molar-refractivity contribution < 1.29 is 19.1 Å². The van der Waals surface area contributed by atoms with Crippen LogP contribution in [-0.2, 0) is 14.4 Å². The zero-order valence-corrected chi connectivity index (χ0v) is 21.8. The van der Waals surface area contributed by atoms with E-state index in [1.807, 2.05) is 39.8 Å². The summed E-state index contributed by atoms with van der Waals surface area (Å²) in [4.78, 5) is 31.3. The van der Waals surface area contributed by atoms with Gasteiger partial charge in [-0.1, -0.05) is 40.2 Å². The molecule has 0 aromatic heterocycles. The number of benzene rings is 1. The van der Waals surface area contributed by atoms with Crippen molar-refractivity contribution in [1.82, 2.24) is 5.32 Å². The van der Waals surface area contributed by atoms with Crippen molar-refractivity contribution in [3.05, 3.63) is 29.3 Å². The summed E-state index contributed by atoms with van der Waals surface area (Å²) in [6, 6.07) is 6.06. The van der Waals surface area contributed by atoms with E-state index in [2.05, 4.69) is 25.2 Å². The average Bonchev–Trinajstić information content (AvgIpc) is 2.79. The van der Waals surface area contributed by atoms with E-state index in [0.717, 1.165) is 37.7 Å². The van der Waals surface area contributed by atoms with Crippen molar-refractivity contribution in [2.45, 2.75) is 87.0 Å². The third-order valence-electron chi connectivity index (χ3n) is 4.35. The highest BCUT2D eigenvalue weighted by Crippen LogP contribution is 2.16. The molecule has 6 heteroatoms. The number of amides is 1. The van der Waals surface area contributed by atoms with Gasteiger partial charge in [-0.2, -0.15) is 0 Å². The minimum Gasteiger partial charge on any atom is -0.492 e. The molecule has 0 saturated heterocycles. The van der Waals surface area contributed by atoms with Gasteiger partial charge in [0, 0.05) is 32.4 Å². The monoisotopic (exact) mass is 452 g/mol. The Labute approximate surface area is 196 Å². The maximum atomic E-state index is 11.2. The minimum atomic E-state index is 0.0187. The number of carbonyl (C=O) groups is 3. The van der Waals surface area contributed by atoms with Crippen molar-refractivity contribution in [2.24, 2.45) is 11.7 Å². The molecule has 1 atom stereocenters. The number of aldehydes is 1. The second-order valence-corrected chi connectivity index (χ2v) is 7.18.